The summed E-state index contributed by atoms with van der Waals surface area (Å²) in [6.45, 7) is 0. The van der Waals surface area contributed by atoms with Gasteiger partial charge in [0, 0.05) is 4.88 Å². The first kappa shape index (κ1) is 13.8. The van der Waals surface area contributed by atoms with Crippen molar-refractivity contribution < 1.29 is 19.1 Å². The lowest BCUT2D eigenvalue weighted by atomic mass is 10.1. The lowest BCUT2D eigenvalue weighted by Gasteiger charge is -2.15. The predicted molar refractivity (Wildman–Crippen MR) is 73.2 cm³/mol. The van der Waals surface area contributed by atoms with Crippen LogP contribution in [0.25, 0.3) is 0 Å². The molecule has 2 aromatic rings. The van der Waals surface area contributed by atoms with Crippen molar-refractivity contribution >= 4 is 39.1 Å². The van der Waals surface area contributed by atoms with Crippen molar-refractivity contribution in [1.82, 2.24) is 5.32 Å². The van der Waals surface area contributed by atoms with Gasteiger partial charge in [0.25, 0.3) is 5.91 Å². The van der Waals surface area contributed by atoms with E-state index < -0.39 is 12.0 Å². The molecule has 0 aliphatic carbocycles. The maximum absolute atomic E-state index is 12.0. The quantitative estimate of drug-likeness (QED) is 0.874. The number of aliphatic carboxylic acids is 1. The minimum absolute atomic E-state index is 0.165. The molecule has 1 unspecified atom stereocenters. The number of thiophene rings is 1. The van der Waals surface area contributed by atoms with Gasteiger partial charge in [-0.3, -0.25) is 9.59 Å². The first-order valence-corrected chi connectivity index (χ1v) is 7.04. The molecule has 2 aromatic heterocycles. The third-order valence-corrected chi connectivity index (χ3v) is 4.03. The molecular formula is C12H10BrNO4S. The Morgan fingerprint density at radius 2 is 2.26 bits per heavy atom. The molecular weight excluding hydrogens is 334 g/mol. The highest BCUT2D eigenvalue weighted by molar-refractivity contribution is 9.10. The molecule has 100 valence electrons. The smallest absolute Gasteiger partial charge is 0.305 e. The summed E-state index contributed by atoms with van der Waals surface area (Å²) in [4.78, 5) is 23.7. The van der Waals surface area contributed by atoms with Gasteiger partial charge in [0.05, 0.1) is 24.3 Å². The average Bonchev–Trinajstić information content (AvgIpc) is 2.97. The monoisotopic (exact) mass is 343 g/mol. The van der Waals surface area contributed by atoms with Gasteiger partial charge in [0.2, 0.25) is 0 Å². The summed E-state index contributed by atoms with van der Waals surface area (Å²) < 4.78 is 5.31. The van der Waals surface area contributed by atoms with E-state index in [0.29, 0.717) is 10.2 Å². The van der Waals surface area contributed by atoms with Crippen molar-refractivity contribution in [2.75, 3.05) is 0 Å². The Morgan fingerprint density at radius 3 is 2.79 bits per heavy atom. The number of carboxylic acid groups (broad SMARTS) is 1. The maximum Gasteiger partial charge on any atom is 0.305 e. The van der Waals surface area contributed by atoms with Crippen LogP contribution in [0.1, 0.15) is 27.7 Å². The zero-order chi connectivity index (χ0) is 13.8. The molecule has 1 amide bonds. The predicted octanol–water partition coefficient (Wildman–Crippen LogP) is 3.05. The Morgan fingerprint density at radius 1 is 1.47 bits per heavy atom. The van der Waals surface area contributed by atoms with Crippen LogP contribution in [0, 0.1) is 0 Å². The van der Waals surface area contributed by atoms with Crippen LogP contribution >= 0.6 is 27.3 Å². The number of carbonyl (C=O) groups is 2. The number of nitrogens with one attached hydrogen (secondary N) is 1. The summed E-state index contributed by atoms with van der Waals surface area (Å²) in [6, 6.07) is 4.58. The van der Waals surface area contributed by atoms with E-state index in [1.165, 1.54) is 23.7 Å². The molecule has 0 saturated carbocycles. The number of carboxylic acids is 1. The lowest BCUT2D eigenvalue weighted by Crippen LogP contribution is -2.29. The molecule has 0 bridgehead atoms. The molecule has 0 fully saturated rings. The second kappa shape index (κ2) is 6.03. The SMILES string of the molecule is O=C(O)CC(NC(=O)c1ccoc1Br)c1cccs1. The average molecular weight is 344 g/mol. The topological polar surface area (TPSA) is 79.5 Å². The van der Waals surface area contributed by atoms with E-state index in [4.69, 9.17) is 9.52 Å². The summed E-state index contributed by atoms with van der Waals surface area (Å²) in [6.07, 6.45) is 1.22. The molecule has 0 aromatic carbocycles. The second-order valence-electron chi connectivity index (χ2n) is 3.75. The number of hydrogen-bond donors (Lipinski definition) is 2. The Labute approximate surface area is 121 Å². The molecule has 0 aliphatic heterocycles. The van der Waals surface area contributed by atoms with Gasteiger partial charge in [-0.2, -0.15) is 0 Å². The van der Waals surface area contributed by atoms with Crippen LogP contribution in [0.3, 0.4) is 0 Å². The number of carbonyl (C=O) groups excluding carboxylic acids is 1. The summed E-state index contributed by atoms with van der Waals surface area (Å²) in [5.74, 6) is -1.34. The first-order chi connectivity index (χ1) is 9.08. The van der Waals surface area contributed by atoms with Gasteiger partial charge < -0.3 is 14.8 Å². The van der Waals surface area contributed by atoms with Crippen molar-refractivity contribution in [2.24, 2.45) is 0 Å². The molecule has 2 rings (SSSR count). The van der Waals surface area contributed by atoms with Gasteiger partial charge in [-0.15, -0.1) is 11.3 Å². The van der Waals surface area contributed by atoms with Crippen LogP contribution < -0.4 is 5.32 Å². The van der Waals surface area contributed by atoms with E-state index in [1.54, 1.807) is 6.07 Å². The Hall–Kier alpha value is -1.60. The highest BCUT2D eigenvalue weighted by Crippen LogP contribution is 2.24. The third kappa shape index (κ3) is 3.45. The van der Waals surface area contributed by atoms with Crippen molar-refractivity contribution in [2.45, 2.75) is 12.5 Å². The van der Waals surface area contributed by atoms with Crippen LogP contribution in [-0.4, -0.2) is 17.0 Å². The zero-order valence-corrected chi connectivity index (χ0v) is 12.0. The van der Waals surface area contributed by atoms with Crippen molar-refractivity contribution in [1.29, 1.82) is 0 Å². The fourth-order valence-corrected chi connectivity index (χ4v) is 2.78. The van der Waals surface area contributed by atoms with Crippen molar-refractivity contribution in [3.63, 3.8) is 0 Å². The van der Waals surface area contributed by atoms with Gasteiger partial charge >= 0.3 is 5.97 Å². The van der Waals surface area contributed by atoms with E-state index in [2.05, 4.69) is 21.2 Å². The maximum atomic E-state index is 12.0. The van der Waals surface area contributed by atoms with E-state index in [1.807, 2.05) is 11.4 Å². The molecule has 0 spiro atoms. The molecule has 0 radical (unpaired) electrons. The Balaban J connectivity index is 2.15. The molecule has 7 heteroatoms. The van der Waals surface area contributed by atoms with E-state index in [0.717, 1.165) is 4.88 Å². The fraction of sp³-hybridized carbons (Fsp3) is 0.167. The highest BCUT2D eigenvalue weighted by atomic mass is 79.9. The van der Waals surface area contributed by atoms with Gasteiger partial charge in [0.15, 0.2) is 4.67 Å². The number of amides is 1. The van der Waals surface area contributed by atoms with Crippen LogP contribution in [0.15, 0.2) is 38.9 Å². The number of furan rings is 1. The minimum atomic E-state index is -0.968. The molecule has 5 nitrogen and oxygen atoms in total. The van der Waals surface area contributed by atoms with Crippen LogP contribution in [-0.2, 0) is 4.79 Å². The van der Waals surface area contributed by atoms with E-state index in [9.17, 15) is 9.59 Å². The third-order valence-electron chi connectivity index (χ3n) is 2.43. The van der Waals surface area contributed by atoms with E-state index in [-0.39, 0.29) is 12.3 Å². The summed E-state index contributed by atoms with van der Waals surface area (Å²) in [5.41, 5.74) is 0.340. The van der Waals surface area contributed by atoms with Crippen LogP contribution in [0.4, 0.5) is 0 Å². The molecule has 0 saturated heterocycles. The number of halogens is 1. The molecule has 1 atom stereocenters. The summed E-state index contributed by atoms with van der Waals surface area (Å²) >= 11 is 4.52. The molecule has 19 heavy (non-hydrogen) atoms. The fourth-order valence-electron chi connectivity index (χ4n) is 1.58. The van der Waals surface area contributed by atoms with E-state index >= 15 is 0 Å². The normalized spacial score (nSPS) is 12.1. The van der Waals surface area contributed by atoms with Crippen LogP contribution in [0.2, 0.25) is 0 Å². The lowest BCUT2D eigenvalue weighted by molar-refractivity contribution is -0.137. The minimum Gasteiger partial charge on any atom is -0.481 e. The Kier molecular flexibility index (Phi) is 4.39. The van der Waals surface area contributed by atoms with Crippen molar-refractivity contribution in [3.05, 3.63) is 45.0 Å². The molecule has 2 heterocycles. The summed E-state index contributed by atoms with van der Waals surface area (Å²) in [7, 11) is 0. The van der Waals surface area contributed by atoms with Crippen molar-refractivity contribution in [3.8, 4) is 0 Å². The van der Waals surface area contributed by atoms with Gasteiger partial charge in [-0.05, 0) is 33.4 Å². The zero-order valence-electron chi connectivity index (χ0n) is 9.63. The molecule has 0 aliphatic rings. The number of hydrogen-bond acceptors (Lipinski definition) is 4. The number of rotatable bonds is 5. The largest absolute Gasteiger partial charge is 0.481 e. The molecule has 2 N–H and O–H groups in total. The Bertz CT molecular complexity index is 578. The van der Waals surface area contributed by atoms with Crippen LogP contribution in [0.5, 0.6) is 0 Å². The van der Waals surface area contributed by atoms with Gasteiger partial charge in [-0.25, -0.2) is 0 Å². The van der Waals surface area contributed by atoms with Gasteiger partial charge in [0.1, 0.15) is 0 Å². The first-order valence-electron chi connectivity index (χ1n) is 5.37. The standard InChI is InChI=1S/C12H10BrNO4S/c13-11-7(3-4-18-11)12(17)14-8(6-10(15)16)9-2-1-5-19-9/h1-5,8H,6H2,(H,14,17)(H,15,16). The summed E-state index contributed by atoms with van der Waals surface area (Å²) in [5, 5.41) is 13.4. The van der Waals surface area contributed by atoms with Gasteiger partial charge in [-0.1, -0.05) is 6.07 Å². The second-order valence-corrected chi connectivity index (χ2v) is 5.45. The highest BCUT2D eigenvalue weighted by Gasteiger charge is 2.21.